The van der Waals surface area contributed by atoms with Gasteiger partial charge in [0.25, 0.3) is 0 Å². The number of hydrazine groups is 1. The molecular weight excluding hydrogens is 208 g/mol. The topological polar surface area (TPSA) is 15.3 Å². The molecule has 0 bridgehead atoms. The van der Waals surface area contributed by atoms with Crippen LogP contribution in [-0.2, 0) is 0 Å². The van der Waals surface area contributed by atoms with Gasteiger partial charge in [-0.2, -0.15) is 0 Å². The van der Waals surface area contributed by atoms with Crippen molar-refractivity contribution in [1.82, 2.24) is 10.4 Å². The fourth-order valence-electron chi connectivity index (χ4n) is 2.20. The molecule has 1 aromatic rings. The number of nitrogens with one attached hydrogen (secondary N) is 1. The third kappa shape index (κ3) is 2.36. The second-order valence-corrected chi connectivity index (χ2v) is 4.28. The van der Waals surface area contributed by atoms with Gasteiger partial charge in [-0.25, -0.2) is 0 Å². The molecule has 0 amide bonds. The molecule has 0 saturated carbocycles. The second kappa shape index (κ2) is 5.09. The van der Waals surface area contributed by atoms with E-state index in [1.54, 1.807) is 0 Å². The summed E-state index contributed by atoms with van der Waals surface area (Å²) in [6.45, 7) is 7.48. The standard InChI is InChI=1S/C15H20N2/c1-4-14-11-12(3)15(17(5-2)16-14)13-9-7-6-8-10-13/h6-11,16H,4-5H2,1-3H3. The first kappa shape index (κ1) is 11.8. The van der Waals surface area contributed by atoms with Gasteiger partial charge in [-0.05, 0) is 37.5 Å². The van der Waals surface area contributed by atoms with E-state index in [-0.39, 0.29) is 0 Å². The zero-order valence-electron chi connectivity index (χ0n) is 10.8. The molecule has 0 fully saturated rings. The van der Waals surface area contributed by atoms with Gasteiger partial charge in [0.2, 0.25) is 0 Å². The van der Waals surface area contributed by atoms with Gasteiger partial charge in [0, 0.05) is 12.2 Å². The molecule has 0 atom stereocenters. The summed E-state index contributed by atoms with van der Waals surface area (Å²) in [4.78, 5) is 0. The summed E-state index contributed by atoms with van der Waals surface area (Å²) in [5.74, 6) is 0. The van der Waals surface area contributed by atoms with Gasteiger partial charge in [0.05, 0.1) is 5.70 Å². The van der Waals surface area contributed by atoms with Crippen LogP contribution in [0.4, 0.5) is 0 Å². The van der Waals surface area contributed by atoms with Crippen LogP contribution in [0.2, 0.25) is 0 Å². The maximum absolute atomic E-state index is 3.47. The van der Waals surface area contributed by atoms with Gasteiger partial charge < -0.3 is 5.43 Å². The second-order valence-electron chi connectivity index (χ2n) is 4.28. The summed E-state index contributed by atoms with van der Waals surface area (Å²) in [6, 6.07) is 10.5. The van der Waals surface area contributed by atoms with Crippen LogP contribution >= 0.6 is 0 Å². The van der Waals surface area contributed by atoms with Crippen LogP contribution in [0.25, 0.3) is 5.70 Å². The van der Waals surface area contributed by atoms with E-state index >= 15 is 0 Å². The quantitative estimate of drug-likeness (QED) is 0.851. The Bertz CT molecular complexity index is 443. The van der Waals surface area contributed by atoms with E-state index in [0.717, 1.165) is 13.0 Å². The Morgan fingerprint density at radius 3 is 2.41 bits per heavy atom. The maximum Gasteiger partial charge on any atom is 0.0673 e. The van der Waals surface area contributed by atoms with Gasteiger partial charge in [0.1, 0.15) is 0 Å². The molecule has 0 aromatic heterocycles. The average molecular weight is 228 g/mol. The van der Waals surface area contributed by atoms with Crippen LogP contribution in [-0.4, -0.2) is 11.6 Å². The van der Waals surface area contributed by atoms with Crippen LogP contribution in [0.15, 0.2) is 47.7 Å². The van der Waals surface area contributed by atoms with E-state index in [2.05, 4.69) is 67.6 Å². The minimum atomic E-state index is 0.957. The molecule has 2 rings (SSSR count). The molecule has 2 heteroatoms. The van der Waals surface area contributed by atoms with E-state index in [4.69, 9.17) is 0 Å². The van der Waals surface area contributed by atoms with Crippen LogP contribution in [0.1, 0.15) is 32.8 Å². The van der Waals surface area contributed by atoms with E-state index in [0.29, 0.717) is 0 Å². The first-order valence-electron chi connectivity index (χ1n) is 6.27. The lowest BCUT2D eigenvalue weighted by Crippen LogP contribution is -2.38. The van der Waals surface area contributed by atoms with Gasteiger partial charge in [-0.15, -0.1) is 0 Å². The summed E-state index contributed by atoms with van der Waals surface area (Å²) in [6.07, 6.45) is 3.28. The van der Waals surface area contributed by atoms with Crippen LogP contribution in [0, 0.1) is 0 Å². The van der Waals surface area contributed by atoms with Crippen LogP contribution in [0.3, 0.4) is 0 Å². The summed E-state index contributed by atoms with van der Waals surface area (Å²) in [5.41, 5.74) is 8.63. The molecule has 0 radical (unpaired) electrons. The lowest BCUT2D eigenvalue weighted by atomic mass is 10.0. The Morgan fingerprint density at radius 1 is 1.12 bits per heavy atom. The van der Waals surface area contributed by atoms with Crippen molar-refractivity contribution in [1.29, 1.82) is 0 Å². The van der Waals surface area contributed by atoms with E-state index in [9.17, 15) is 0 Å². The predicted molar refractivity (Wildman–Crippen MR) is 72.9 cm³/mol. The number of rotatable bonds is 3. The summed E-state index contributed by atoms with van der Waals surface area (Å²) < 4.78 is 0. The smallest absolute Gasteiger partial charge is 0.0673 e. The van der Waals surface area contributed by atoms with Crippen LogP contribution < -0.4 is 5.43 Å². The largest absolute Gasteiger partial charge is 0.303 e. The Morgan fingerprint density at radius 2 is 1.82 bits per heavy atom. The van der Waals surface area contributed by atoms with Crippen molar-refractivity contribution in [2.24, 2.45) is 0 Å². The van der Waals surface area contributed by atoms with Gasteiger partial charge in [-0.3, -0.25) is 5.01 Å². The van der Waals surface area contributed by atoms with Crippen molar-refractivity contribution in [3.8, 4) is 0 Å². The molecule has 90 valence electrons. The number of hydrogen-bond acceptors (Lipinski definition) is 2. The highest BCUT2D eigenvalue weighted by atomic mass is 15.5. The molecule has 1 N–H and O–H groups in total. The molecule has 1 aromatic carbocycles. The first-order chi connectivity index (χ1) is 8.26. The Labute approximate surface area is 104 Å². The lowest BCUT2D eigenvalue weighted by molar-refractivity contribution is 0.328. The van der Waals surface area contributed by atoms with E-state index in [1.807, 2.05) is 0 Å². The minimum absolute atomic E-state index is 0.957. The van der Waals surface area contributed by atoms with E-state index in [1.165, 1.54) is 22.5 Å². The third-order valence-electron chi connectivity index (χ3n) is 3.06. The predicted octanol–water partition coefficient (Wildman–Crippen LogP) is 3.55. The summed E-state index contributed by atoms with van der Waals surface area (Å²) >= 11 is 0. The minimum Gasteiger partial charge on any atom is -0.303 e. The molecule has 17 heavy (non-hydrogen) atoms. The molecule has 1 aliphatic heterocycles. The van der Waals surface area contributed by atoms with Crippen molar-refractivity contribution < 1.29 is 0 Å². The SMILES string of the molecule is CCC1=CC(C)=C(c2ccccc2)N(CC)N1. The van der Waals surface area contributed by atoms with Crippen molar-refractivity contribution in [3.05, 3.63) is 53.2 Å². The Balaban J connectivity index is 2.45. The van der Waals surface area contributed by atoms with Gasteiger partial charge in [-0.1, -0.05) is 37.3 Å². The maximum atomic E-state index is 3.47. The molecule has 1 aliphatic rings. The Hall–Kier alpha value is -1.70. The molecule has 0 aliphatic carbocycles. The number of benzene rings is 1. The van der Waals surface area contributed by atoms with Crippen molar-refractivity contribution in [2.45, 2.75) is 27.2 Å². The van der Waals surface area contributed by atoms with E-state index < -0.39 is 0 Å². The normalized spacial score (nSPS) is 15.7. The lowest BCUT2D eigenvalue weighted by Gasteiger charge is -2.33. The zero-order chi connectivity index (χ0) is 12.3. The van der Waals surface area contributed by atoms with Crippen molar-refractivity contribution >= 4 is 5.70 Å². The highest BCUT2D eigenvalue weighted by Crippen LogP contribution is 2.27. The average Bonchev–Trinajstić information content (AvgIpc) is 2.38. The summed E-state index contributed by atoms with van der Waals surface area (Å²) in [5, 5.41) is 2.23. The highest BCUT2D eigenvalue weighted by Gasteiger charge is 2.17. The van der Waals surface area contributed by atoms with Gasteiger partial charge >= 0.3 is 0 Å². The third-order valence-corrected chi connectivity index (χ3v) is 3.06. The van der Waals surface area contributed by atoms with Crippen molar-refractivity contribution in [3.63, 3.8) is 0 Å². The van der Waals surface area contributed by atoms with Crippen LogP contribution in [0.5, 0.6) is 0 Å². The molecular formula is C15H20N2. The zero-order valence-corrected chi connectivity index (χ0v) is 10.8. The van der Waals surface area contributed by atoms with Crippen molar-refractivity contribution in [2.75, 3.05) is 6.54 Å². The first-order valence-corrected chi connectivity index (χ1v) is 6.27. The fourth-order valence-corrected chi connectivity index (χ4v) is 2.20. The number of hydrogen-bond donors (Lipinski definition) is 1. The number of allylic oxidation sites excluding steroid dienone is 3. The molecule has 2 nitrogen and oxygen atoms in total. The molecule has 0 unspecified atom stereocenters. The highest BCUT2D eigenvalue weighted by molar-refractivity contribution is 5.70. The number of nitrogens with zero attached hydrogens (tertiary/aromatic N) is 1. The molecule has 1 heterocycles. The molecule has 0 saturated heterocycles. The fraction of sp³-hybridized carbons (Fsp3) is 0.333. The molecule has 0 spiro atoms. The summed E-state index contributed by atoms with van der Waals surface area (Å²) in [7, 11) is 0. The van der Waals surface area contributed by atoms with Gasteiger partial charge in [0.15, 0.2) is 0 Å². The Kier molecular flexibility index (Phi) is 3.52. The monoisotopic (exact) mass is 228 g/mol.